The number of rotatable bonds is 0. The topological polar surface area (TPSA) is 55.6 Å². The van der Waals surface area contributed by atoms with E-state index in [1.165, 1.54) is 0 Å². The first-order valence-corrected chi connectivity index (χ1v) is 4.78. The lowest BCUT2D eigenvalue weighted by Gasteiger charge is -2.27. The average Bonchev–Trinajstić information content (AvgIpc) is 2.75. The van der Waals surface area contributed by atoms with E-state index in [-0.39, 0.29) is 5.82 Å². The van der Waals surface area contributed by atoms with Gasteiger partial charge in [-0.3, -0.25) is 0 Å². The molecule has 3 rings (SSSR count). The number of hydrogen-bond donors (Lipinski definition) is 1. The van der Waals surface area contributed by atoms with Gasteiger partial charge in [0.2, 0.25) is 0 Å². The Morgan fingerprint density at radius 1 is 1.24 bits per heavy atom. The SMILES string of the molecule is FC(F)(F)C1Nc2ccccc2-n2nnnc21. The number of fused-ring (bicyclic) bond motifs is 3. The van der Waals surface area contributed by atoms with E-state index in [9.17, 15) is 13.2 Å². The third kappa shape index (κ3) is 1.44. The fourth-order valence-corrected chi connectivity index (χ4v) is 1.77. The van der Waals surface area contributed by atoms with E-state index < -0.39 is 12.2 Å². The van der Waals surface area contributed by atoms with Gasteiger partial charge < -0.3 is 5.32 Å². The van der Waals surface area contributed by atoms with Crippen molar-refractivity contribution in [1.82, 2.24) is 20.2 Å². The van der Waals surface area contributed by atoms with Crippen LogP contribution in [0.15, 0.2) is 24.3 Å². The Morgan fingerprint density at radius 2 is 2.00 bits per heavy atom. The Bertz CT molecular complexity index is 562. The van der Waals surface area contributed by atoms with Crippen LogP contribution < -0.4 is 5.32 Å². The number of aromatic nitrogens is 4. The molecule has 1 aromatic heterocycles. The van der Waals surface area contributed by atoms with Gasteiger partial charge in [0.1, 0.15) is 0 Å². The molecule has 1 atom stereocenters. The quantitative estimate of drug-likeness (QED) is 0.762. The smallest absolute Gasteiger partial charge is 0.366 e. The molecule has 0 saturated carbocycles. The molecule has 0 amide bonds. The second-order valence-electron chi connectivity index (χ2n) is 3.58. The summed E-state index contributed by atoms with van der Waals surface area (Å²) in [5.41, 5.74) is 0.864. The predicted octanol–water partition coefficient (Wildman–Crippen LogP) is 1.69. The number of nitrogens with one attached hydrogen (secondary N) is 1. The average molecular weight is 241 g/mol. The molecular weight excluding hydrogens is 235 g/mol. The summed E-state index contributed by atoms with van der Waals surface area (Å²) in [5, 5.41) is 12.7. The molecule has 0 aliphatic carbocycles. The molecule has 1 N–H and O–H groups in total. The first-order chi connectivity index (χ1) is 8.07. The zero-order chi connectivity index (χ0) is 12.0. The standard InChI is InChI=1S/C9H6F3N5/c10-9(11,12)7-8-14-15-16-17(8)6-4-2-1-3-5(6)13-7/h1-4,7,13H. The van der Waals surface area contributed by atoms with E-state index in [2.05, 4.69) is 20.8 Å². The van der Waals surface area contributed by atoms with Crippen molar-refractivity contribution >= 4 is 5.69 Å². The lowest BCUT2D eigenvalue weighted by Crippen LogP contribution is -2.33. The van der Waals surface area contributed by atoms with Gasteiger partial charge in [-0.25, -0.2) is 0 Å². The Hall–Kier alpha value is -2.12. The minimum absolute atomic E-state index is 0.254. The van der Waals surface area contributed by atoms with Crippen LogP contribution in [0.4, 0.5) is 18.9 Å². The minimum Gasteiger partial charge on any atom is -0.366 e. The summed E-state index contributed by atoms with van der Waals surface area (Å²) in [5.74, 6) is -0.254. The van der Waals surface area contributed by atoms with Crippen molar-refractivity contribution in [3.63, 3.8) is 0 Å². The third-order valence-electron chi connectivity index (χ3n) is 2.51. The molecule has 0 saturated heterocycles. The van der Waals surface area contributed by atoms with E-state index >= 15 is 0 Å². The molecule has 2 aromatic rings. The first-order valence-electron chi connectivity index (χ1n) is 4.78. The molecule has 1 unspecified atom stereocenters. The maximum absolute atomic E-state index is 12.8. The van der Waals surface area contributed by atoms with Gasteiger partial charge in [0.15, 0.2) is 11.9 Å². The zero-order valence-corrected chi connectivity index (χ0v) is 8.31. The summed E-state index contributed by atoms with van der Waals surface area (Å²) in [6.07, 6.45) is -4.44. The van der Waals surface area contributed by atoms with Crippen LogP contribution in [-0.2, 0) is 0 Å². The molecule has 1 aliphatic rings. The normalized spacial score (nSPS) is 18.2. The van der Waals surface area contributed by atoms with Gasteiger partial charge in [-0.15, -0.1) is 5.10 Å². The lowest BCUT2D eigenvalue weighted by atomic mass is 10.1. The highest BCUT2D eigenvalue weighted by atomic mass is 19.4. The lowest BCUT2D eigenvalue weighted by molar-refractivity contribution is -0.146. The number of benzene rings is 1. The molecule has 8 heteroatoms. The van der Waals surface area contributed by atoms with Gasteiger partial charge in [-0.05, 0) is 22.6 Å². The van der Waals surface area contributed by atoms with Crippen LogP contribution in [-0.4, -0.2) is 26.4 Å². The van der Waals surface area contributed by atoms with Crippen molar-refractivity contribution in [2.24, 2.45) is 0 Å². The second-order valence-corrected chi connectivity index (χ2v) is 3.58. The third-order valence-corrected chi connectivity index (χ3v) is 2.51. The Morgan fingerprint density at radius 3 is 2.76 bits per heavy atom. The summed E-state index contributed by atoms with van der Waals surface area (Å²) < 4.78 is 39.6. The highest BCUT2D eigenvalue weighted by Crippen LogP contribution is 2.39. The molecule has 0 fully saturated rings. The molecule has 5 nitrogen and oxygen atoms in total. The monoisotopic (exact) mass is 241 g/mol. The molecule has 2 heterocycles. The van der Waals surface area contributed by atoms with Gasteiger partial charge in [-0.2, -0.15) is 17.9 Å². The van der Waals surface area contributed by atoms with Crippen molar-refractivity contribution in [2.75, 3.05) is 5.32 Å². The number of para-hydroxylation sites is 2. The van der Waals surface area contributed by atoms with Gasteiger partial charge in [0, 0.05) is 0 Å². The van der Waals surface area contributed by atoms with E-state index in [4.69, 9.17) is 0 Å². The molecular formula is C9H6F3N5. The van der Waals surface area contributed by atoms with E-state index in [1.807, 2.05) is 0 Å². The van der Waals surface area contributed by atoms with Crippen molar-refractivity contribution < 1.29 is 13.2 Å². The van der Waals surface area contributed by atoms with Gasteiger partial charge >= 0.3 is 6.18 Å². The van der Waals surface area contributed by atoms with Crippen LogP contribution >= 0.6 is 0 Å². The number of alkyl halides is 3. The molecule has 1 aromatic carbocycles. The number of halogens is 3. The van der Waals surface area contributed by atoms with E-state index in [0.29, 0.717) is 11.4 Å². The molecule has 17 heavy (non-hydrogen) atoms. The van der Waals surface area contributed by atoms with Crippen LogP contribution in [0.2, 0.25) is 0 Å². The number of nitrogens with zero attached hydrogens (tertiary/aromatic N) is 4. The largest absolute Gasteiger partial charge is 0.416 e. The summed E-state index contributed by atoms with van der Waals surface area (Å²) in [6.45, 7) is 0. The Labute approximate surface area is 93.2 Å². The molecule has 1 aliphatic heterocycles. The summed E-state index contributed by atoms with van der Waals surface area (Å²) in [7, 11) is 0. The highest BCUT2D eigenvalue weighted by molar-refractivity contribution is 5.64. The summed E-state index contributed by atoms with van der Waals surface area (Å²) in [4.78, 5) is 0. The van der Waals surface area contributed by atoms with E-state index in [0.717, 1.165) is 4.68 Å². The van der Waals surface area contributed by atoms with Crippen LogP contribution in [0.25, 0.3) is 5.69 Å². The van der Waals surface area contributed by atoms with Gasteiger partial charge in [0.05, 0.1) is 11.4 Å². The fraction of sp³-hybridized carbons (Fsp3) is 0.222. The molecule has 0 spiro atoms. The van der Waals surface area contributed by atoms with E-state index in [1.54, 1.807) is 24.3 Å². The maximum Gasteiger partial charge on any atom is 0.416 e. The van der Waals surface area contributed by atoms with Gasteiger partial charge in [0.25, 0.3) is 0 Å². The molecule has 0 radical (unpaired) electrons. The second kappa shape index (κ2) is 3.19. The van der Waals surface area contributed by atoms with Crippen molar-refractivity contribution in [2.45, 2.75) is 12.2 Å². The molecule has 88 valence electrons. The molecule has 0 bridgehead atoms. The number of tetrazole rings is 1. The Kier molecular flexibility index (Phi) is 1.89. The van der Waals surface area contributed by atoms with Crippen LogP contribution in [0.3, 0.4) is 0 Å². The Balaban J connectivity index is 2.20. The van der Waals surface area contributed by atoms with Crippen molar-refractivity contribution in [3.05, 3.63) is 30.1 Å². The fourth-order valence-electron chi connectivity index (χ4n) is 1.77. The zero-order valence-electron chi connectivity index (χ0n) is 8.31. The van der Waals surface area contributed by atoms with Crippen LogP contribution in [0.1, 0.15) is 11.9 Å². The van der Waals surface area contributed by atoms with Gasteiger partial charge in [-0.1, -0.05) is 12.1 Å². The maximum atomic E-state index is 12.8. The summed E-state index contributed by atoms with van der Waals surface area (Å²) in [6, 6.07) is 4.68. The highest BCUT2D eigenvalue weighted by Gasteiger charge is 2.46. The van der Waals surface area contributed by atoms with Crippen LogP contribution in [0.5, 0.6) is 0 Å². The van der Waals surface area contributed by atoms with Crippen molar-refractivity contribution in [1.29, 1.82) is 0 Å². The van der Waals surface area contributed by atoms with Crippen LogP contribution in [0, 0.1) is 0 Å². The van der Waals surface area contributed by atoms with Crippen molar-refractivity contribution in [3.8, 4) is 5.69 Å². The number of hydrogen-bond acceptors (Lipinski definition) is 4. The minimum atomic E-state index is -4.44. The predicted molar refractivity (Wildman–Crippen MR) is 51.6 cm³/mol. The summed E-state index contributed by atoms with van der Waals surface area (Å²) >= 11 is 0. The number of anilines is 1. The first kappa shape index (κ1) is 10.1.